The zero-order chi connectivity index (χ0) is 31.3. The number of hydrogen-bond donors (Lipinski definition) is 1. The summed E-state index contributed by atoms with van der Waals surface area (Å²) < 4.78 is 11.9. The number of fused-ring (bicyclic) bond motifs is 1. The van der Waals surface area contributed by atoms with Crippen LogP contribution in [0.15, 0.2) is 61.1 Å². The van der Waals surface area contributed by atoms with Crippen LogP contribution in [0.3, 0.4) is 0 Å². The smallest absolute Gasteiger partial charge is 0.308 e. The van der Waals surface area contributed by atoms with Crippen molar-refractivity contribution < 1.29 is 28.7 Å². The summed E-state index contributed by atoms with van der Waals surface area (Å²) in [6, 6.07) is 15.4. The van der Waals surface area contributed by atoms with Crippen LogP contribution in [0.1, 0.15) is 48.9 Å². The summed E-state index contributed by atoms with van der Waals surface area (Å²) in [5, 5.41) is 10.6. The summed E-state index contributed by atoms with van der Waals surface area (Å²) in [5.74, 6) is -0.637. The number of unbranched alkanes of at least 4 members (excludes halogenated alkanes) is 1. The van der Waals surface area contributed by atoms with Crippen molar-refractivity contribution in [1.29, 1.82) is 0 Å². The van der Waals surface area contributed by atoms with E-state index in [0.29, 0.717) is 37.4 Å². The predicted molar refractivity (Wildman–Crippen MR) is 168 cm³/mol. The van der Waals surface area contributed by atoms with Gasteiger partial charge in [0, 0.05) is 48.2 Å². The molecule has 0 unspecified atom stereocenters. The summed E-state index contributed by atoms with van der Waals surface area (Å²) in [7, 11) is 6.45. The van der Waals surface area contributed by atoms with Gasteiger partial charge in [0.05, 0.1) is 33.6 Å². The van der Waals surface area contributed by atoms with E-state index >= 15 is 0 Å². The molecule has 2 aromatic carbocycles. The molecule has 10 heteroatoms. The Bertz CT molecular complexity index is 1440. The molecule has 0 saturated carbocycles. The first-order valence-electron chi connectivity index (χ1n) is 15.4. The second-order valence-corrected chi connectivity index (χ2v) is 12.8. The Morgan fingerprint density at radius 1 is 1.09 bits per heavy atom. The number of carboxylic acids is 1. The molecule has 0 spiro atoms. The van der Waals surface area contributed by atoms with Crippen molar-refractivity contribution in [2.24, 2.45) is 5.92 Å². The number of ether oxygens (including phenoxy) is 2. The lowest BCUT2D eigenvalue weighted by atomic mass is 9.83. The molecule has 1 fully saturated rings. The number of aryl methyl sites for hydroxylation is 1. The number of carbonyl (C=O) groups excluding carboxylic acids is 1. The van der Waals surface area contributed by atoms with Crippen molar-refractivity contribution in [2.75, 3.05) is 52.5 Å². The molecule has 0 radical (unpaired) electrons. The van der Waals surface area contributed by atoms with Crippen LogP contribution in [0.2, 0.25) is 0 Å². The zero-order valence-electron chi connectivity index (χ0n) is 26.2. The maximum absolute atomic E-state index is 14.2. The number of quaternary nitrogens is 1. The summed E-state index contributed by atoms with van der Waals surface area (Å²) >= 11 is 0. The average molecular weight is 603 g/mol. The molecule has 0 aliphatic carbocycles. The van der Waals surface area contributed by atoms with Crippen LogP contribution < -0.4 is 14.4 Å². The number of hydrogen-bond acceptors (Lipinski definition) is 7. The summed E-state index contributed by atoms with van der Waals surface area (Å²) in [5.41, 5.74) is 3.77. The fourth-order valence-corrected chi connectivity index (χ4v) is 6.44. The fourth-order valence-electron chi connectivity index (χ4n) is 6.44. The van der Waals surface area contributed by atoms with Gasteiger partial charge >= 0.3 is 5.97 Å². The van der Waals surface area contributed by atoms with Crippen molar-refractivity contribution in [3.05, 3.63) is 77.9 Å². The topological polar surface area (TPSA) is 105 Å². The van der Waals surface area contributed by atoms with E-state index in [1.807, 2.05) is 41.3 Å². The van der Waals surface area contributed by atoms with Gasteiger partial charge in [-0.05, 0) is 55.2 Å². The van der Waals surface area contributed by atoms with Crippen molar-refractivity contribution in [2.45, 2.75) is 51.1 Å². The van der Waals surface area contributed by atoms with Crippen molar-refractivity contribution in [3.63, 3.8) is 0 Å². The van der Waals surface area contributed by atoms with Gasteiger partial charge in [0.1, 0.15) is 12.9 Å². The van der Waals surface area contributed by atoms with Crippen LogP contribution in [0.4, 0.5) is 5.69 Å². The minimum Gasteiger partial charge on any atom is -0.481 e. The van der Waals surface area contributed by atoms with Crippen LogP contribution in [-0.4, -0.2) is 89.9 Å². The molecule has 1 aromatic heterocycles. The number of aliphatic carboxylic acids is 1. The Labute approximate surface area is 259 Å². The van der Waals surface area contributed by atoms with Crippen molar-refractivity contribution in [1.82, 2.24) is 14.9 Å². The van der Waals surface area contributed by atoms with Crippen LogP contribution >= 0.6 is 0 Å². The van der Waals surface area contributed by atoms with Crippen molar-refractivity contribution in [3.8, 4) is 11.5 Å². The SMILES string of the molecule is CCCCN(C(=O)CN1C[C@H](c2ccc3c(c2)OCO3)[C@@H](C(=O)O)[C@@H]1CCc1ccncn1)c1cccc(C[N+](C)(C)C)c1. The number of likely N-dealkylation sites (tertiary alicyclic amines) is 1. The molecule has 2 aliphatic rings. The van der Waals surface area contributed by atoms with Gasteiger partial charge in [-0.25, -0.2) is 9.97 Å². The van der Waals surface area contributed by atoms with E-state index in [1.165, 1.54) is 11.9 Å². The Balaban J connectivity index is 1.44. The number of anilines is 1. The van der Waals surface area contributed by atoms with Gasteiger partial charge in [-0.2, -0.15) is 0 Å². The minimum absolute atomic E-state index is 0.0247. The molecular formula is C34H44N5O5+. The van der Waals surface area contributed by atoms with Gasteiger partial charge in [0.2, 0.25) is 12.7 Å². The molecule has 10 nitrogen and oxygen atoms in total. The van der Waals surface area contributed by atoms with E-state index < -0.39 is 11.9 Å². The van der Waals surface area contributed by atoms with Crippen LogP contribution in [-0.2, 0) is 22.6 Å². The Hall–Kier alpha value is -4.02. The molecule has 5 rings (SSSR count). The molecule has 2 aliphatic heterocycles. The number of aromatic nitrogens is 2. The van der Waals surface area contributed by atoms with Gasteiger partial charge in [0.15, 0.2) is 11.5 Å². The fraction of sp³-hybridized carbons (Fsp3) is 0.471. The van der Waals surface area contributed by atoms with Gasteiger partial charge in [-0.15, -0.1) is 0 Å². The third-order valence-electron chi connectivity index (χ3n) is 8.45. The van der Waals surface area contributed by atoms with Gasteiger partial charge in [0.25, 0.3) is 0 Å². The zero-order valence-corrected chi connectivity index (χ0v) is 26.2. The Morgan fingerprint density at radius 2 is 1.91 bits per heavy atom. The number of rotatable bonds is 13. The van der Waals surface area contributed by atoms with E-state index in [1.54, 1.807) is 6.20 Å². The average Bonchev–Trinajstić information content (AvgIpc) is 3.60. The first-order chi connectivity index (χ1) is 21.1. The number of amides is 1. The Kier molecular flexibility index (Phi) is 9.80. The lowest BCUT2D eigenvalue weighted by Gasteiger charge is -2.30. The van der Waals surface area contributed by atoms with E-state index in [-0.39, 0.29) is 31.2 Å². The molecule has 3 heterocycles. The van der Waals surface area contributed by atoms with Gasteiger partial charge in [-0.3, -0.25) is 14.5 Å². The van der Waals surface area contributed by atoms with Crippen LogP contribution in [0, 0.1) is 5.92 Å². The lowest BCUT2D eigenvalue weighted by Crippen LogP contribution is -2.44. The summed E-state index contributed by atoms with van der Waals surface area (Å²) in [4.78, 5) is 39.4. The maximum atomic E-state index is 14.2. The normalized spacial score (nSPS) is 19.7. The molecular weight excluding hydrogens is 558 g/mol. The highest BCUT2D eigenvalue weighted by Gasteiger charge is 2.47. The third kappa shape index (κ3) is 7.54. The van der Waals surface area contributed by atoms with E-state index in [4.69, 9.17) is 9.47 Å². The second kappa shape index (κ2) is 13.7. The molecule has 1 amide bonds. The lowest BCUT2D eigenvalue weighted by molar-refractivity contribution is -0.884. The number of nitrogens with zero attached hydrogens (tertiary/aromatic N) is 5. The summed E-state index contributed by atoms with van der Waals surface area (Å²) in [6.07, 6.45) is 6.17. The first kappa shape index (κ1) is 31.4. The highest BCUT2D eigenvalue weighted by molar-refractivity contribution is 5.95. The predicted octanol–water partition coefficient (Wildman–Crippen LogP) is 4.35. The second-order valence-electron chi connectivity index (χ2n) is 12.8. The number of carboxylic acid groups (broad SMARTS) is 1. The maximum Gasteiger partial charge on any atom is 0.308 e. The molecule has 0 bridgehead atoms. The van der Waals surface area contributed by atoms with E-state index in [2.05, 4.69) is 55.1 Å². The largest absolute Gasteiger partial charge is 0.481 e. The molecule has 1 N–H and O–H groups in total. The van der Waals surface area contributed by atoms with Gasteiger partial charge in [-0.1, -0.05) is 31.5 Å². The minimum atomic E-state index is -0.869. The molecule has 44 heavy (non-hydrogen) atoms. The quantitative estimate of drug-likeness (QED) is 0.288. The first-order valence-corrected chi connectivity index (χ1v) is 15.4. The van der Waals surface area contributed by atoms with E-state index in [9.17, 15) is 14.7 Å². The number of benzene rings is 2. The third-order valence-corrected chi connectivity index (χ3v) is 8.45. The van der Waals surface area contributed by atoms with Gasteiger partial charge < -0.3 is 24.0 Å². The highest BCUT2D eigenvalue weighted by atomic mass is 16.7. The molecule has 234 valence electrons. The van der Waals surface area contributed by atoms with Crippen LogP contribution in [0.25, 0.3) is 0 Å². The Morgan fingerprint density at radius 3 is 2.64 bits per heavy atom. The molecule has 3 atom stereocenters. The highest BCUT2D eigenvalue weighted by Crippen LogP contribution is 2.43. The molecule has 1 saturated heterocycles. The molecule has 3 aromatic rings. The monoisotopic (exact) mass is 602 g/mol. The summed E-state index contributed by atoms with van der Waals surface area (Å²) in [6.45, 7) is 4.29. The standard InChI is InChI=1S/C34H43N5O5/c1-5-6-16-38(27-9-7-8-24(17-27)21-39(2,3)4)32(40)20-37-19-28(25-10-13-30-31(18-25)44-23-43-30)33(34(41)42)29(37)12-11-26-14-15-35-22-36-26/h7-10,13-15,17-18,22,28-29,33H,5-6,11-12,16,19-21,23H2,1-4H3/p+1/t28-,29+,33-/m1/s1. The number of carbonyl (C=O) groups is 2. The van der Waals surface area contributed by atoms with E-state index in [0.717, 1.165) is 40.8 Å². The van der Waals surface area contributed by atoms with Crippen molar-refractivity contribution >= 4 is 17.6 Å². The van der Waals surface area contributed by atoms with Crippen LogP contribution in [0.5, 0.6) is 11.5 Å².